The van der Waals surface area contributed by atoms with Crippen LogP contribution in [0.25, 0.3) is 0 Å². The first kappa shape index (κ1) is 12.0. The first-order valence-electron chi connectivity index (χ1n) is 5.26. The molecule has 0 saturated carbocycles. The van der Waals surface area contributed by atoms with E-state index in [0.717, 1.165) is 30.8 Å². The molecule has 1 atom stereocenters. The van der Waals surface area contributed by atoms with Gasteiger partial charge in [0.15, 0.2) is 0 Å². The van der Waals surface area contributed by atoms with Crippen LogP contribution in [0.5, 0.6) is 0 Å². The van der Waals surface area contributed by atoms with Crippen LogP contribution in [0.15, 0.2) is 11.4 Å². The Morgan fingerprint density at radius 2 is 2.47 bits per heavy atom. The predicted molar refractivity (Wildman–Crippen MR) is 64.3 cm³/mol. The third-order valence-corrected chi connectivity index (χ3v) is 3.69. The molecular weight excluding hydrogens is 242 g/mol. The molecule has 2 heterocycles. The van der Waals surface area contributed by atoms with Crippen molar-refractivity contribution in [1.29, 1.82) is 0 Å². The standard InChI is InChI=1S/C10H13N3O3S/c1-10(2-3-11-6-10)12-9(14)7-4-8(13(15)16)17-5-7/h4-5,11H,2-3,6H2,1H3,(H,12,14). The average Bonchev–Trinajstić information content (AvgIpc) is 2.86. The molecule has 0 bridgehead atoms. The third-order valence-electron chi connectivity index (χ3n) is 2.81. The molecular formula is C10H13N3O3S. The quantitative estimate of drug-likeness (QED) is 0.626. The van der Waals surface area contributed by atoms with Crippen molar-refractivity contribution in [2.24, 2.45) is 0 Å². The van der Waals surface area contributed by atoms with Gasteiger partial charge in [0, 0.05) is 18.0 Å². The molecule has 1 aromatic heterocycles. The van der Waals surface area contributed by atoms with Crippen molar-refractivity contribution in [3.8, 4) is 0 Å². The van der Waals surface area contributed by atoms with Crippen LogP contribution in [-0.2, 0) is 0 Å². The Hall–Kier alpha value is -1.47. The van der Waals surface area contributed by atoms with Gasteiger partial charge in [-0.05, 0) is 19.9 Å². The molecule has 1 unspecified atom stereocenters. The maximum absolute atomic E-state index is 11.9. The van der Waals surface area contributed by atoms with Gasteiger partial charge in [-0.1, -0.05) is 11.3 Å². The molecule has 1 fully saturated rings. The molecule has 7 heteroatoms. The normalized spacial score (nSPS) is 23.6. The highest BCUT2D eigenvalue weighted by molar-refractivity contribution is 7.13. The predicted octanol–water partition coefficient (Wildman–Crippen LogP) is 1.14. The van der Waals surface area contributed by atoms with Crippen LogP contribution in [0.2, 0.25) is 0 Å². The van der Waals surface area contributed by atoms with Crippen molar-refractivity contribution in [2.75, 3.05) is 13.1 Å². The second-order valence-electron chi connectivity index (χ2n) is 4.37. The largest absolute Gasteiger partial charge is 0.346 e. The van der Waals surface area contributed by atoms with E-state index in [-0.39, 0.29) is 16.4 Å². The smallest absolute Gasteiger partial charge is 0.324 e. The number of nitrogens with zero attached hydrogens (tertiary/aromatic N) is 1. The Kier molecular flexibility index (Phi) is 3.12. The molecule has 0 aliphatic carbocycles. The fourth-order valence-corrected chi connectivity index (χ4v) is 2.51. The van der Waals surface area contributed by atoms with Crippen LogP contribution in [0.1, 0.15) is 23.7 Å². The maximum Gasteiger partial charge on any atom is 0.324 e. The summed E-state index contributed by atoms with van der Waals surface area (Å²) >= 11 is 0.967. The van der Waals surface area contributed by atoms with E-state index in [0.29, 0.717) is 5.56 Å². The number of carbonyl (C=O) groups excluding carboxylic acids is 1. The summed E-state index contributed by atoms with van der Waals surface area (Å²) in [5.74, 6) is -0.249. The summed E-state index contributed by atoms with van der Waals surface area (Å²) in [7, 11) is 0. The summed E-state index contributed by atoms with van der Waals surface area (Å²) in [5.41, 5.74) is 0.100. The summed E-state index contributed by atoms with van der Waals surface area (Å²) in [5, 5.41) is 18.1. The minimum Gasteiger partial charge on any atom is -0.346 e. The Balaban J connectivity index is 2.06. The van der Waals surface area contributed by atoms with E-state index in [1.165, 1.54) is 11.4 Å². The lowest BCUT2D eigenvalue weighted by atomic mass is 10.0. The van der Waals surface area contributed by atoms with Crippen LogP contribution in [0, 0.1) is 10.1 Å². The second-order valence-corrected chi connectivity index (χ2v) is 5.26. The van der Waals surface area contributed by atoms with Crippen LogP contribution >= 0.6 is 11.3 Å². The van der Waals surface area contributed by atoms with Crippen LogP contribution < -0.4 is 10.6 Å². The molecule has 1 aromatic rings. The minimum atomic E-state index is -0.486. The van der Waals surface area contributed by atoms with Gasteiger partial charge in [-0.15, -0.1) is 0 Å². The third kappa shape index (κ3) is 2.62. The van der Waals surface area contributed by atoms with E-state index in [4.69, 9.17) is 0 Å². The van der Waals surface area contributed by atoms with Gasteiger partial charge in [0.2, 0.25) is 0 Å². The topological polar surface area (TPSA) is 84.3 Å². The number of nitro groups is 1. The van der Waals surface area contributed by atoms with E-state index in [2.05, 4.69) is 10.6 Å². The van der Waals surface area contributed by atoms with Crippen molar-refractivity contribution in [1.82, 2.24) is 10.6 Å². The zero-order valence-corrected chi connectivity index (χ0v) is 10.2. The molecule has 17 heavy (non-hydrogen) atoms. The summed E-state index contributed by atoms with van der Waals surface area (Å²) in [6, 6.07) is 1.31. The number of hydrogen-bond donors (Lipinski definition) is 2. The number of carbonyl (C=O) groups is 1. The van der Waals surface area contributed by atoms with Gasteiger partial charge in [-0.25, -0.2) is 0 Å². The molecule has 1 amide bonds. The molecule has 6 nitrogen and oxygen atoms in total. The van der Waals surface area contributed by atoms with Gasteiger partial charge in [-0.3, -0.25) is 14.9 Å². The van der Waals surface area contributed by atoms with Gasteiger partial charge in [-0.2, -0.15) is 0 Å². The lowest BCUT2D eigenvalue weighted by Gasteiger charge is -2.23. The van der Waals surface area contributed by atoms with Crippen molar-refractivity contribution < 1.29 is 9.72 Å². The van der Waals surface area contributed by atoms with E-state index < -0.39 is 4.92 Å². The summed E-state index contributed by atoms with van der Waals surface area (Å²) in [4.78, 5) is 21.9. The van der Waals surface area contributed by atoms with Gasteiger partial charge < -0.3 is 10.6 Å². The highest BCUT2D eigenvalue weighted by atomic mass is 32.1. The Morgan fingerprint density at radius 1 is 1.71 bits per heavy atom. The number of hydrogen-bond acceptors (Lipinski definition) is 5. The number of nitrogens with one attached hydrogen (secondary N) is 2. The fraction of sp³-hybridized carbons (Fsp3) is 0.500. The number of thiophene rings is 1. The Morgan fingerprint density at radius 3 is 3.00 bits per heavy atom. The van der Waals surface area contributed by atoms with Crippen LogP contribution in [0.3, 0.4) is 0 Å². The molecule has 1 aliphatic heterocycles. The van der Waals surface area contributed by atoms with E-state index in [1.54, 1.807) is 0 Å². The zero-order valence-electron chi connectivity index (χ0n) is 9.36. The fourth-order valence-electron chi connectivity index (χ4n) is 1.81. The summed E-state index contributed by atoms with van der Waals surface area (Å²) < 4.78 is 0. The van der Waals surface area contributed by atoms with E-state index >= 15 is 0 Å². The highest BCUT2D eigenvalue weighted by Crippen LogP contribution is 2.23. The number of amides is 1. The molecule has 0 radical (unpaired) electrons. The van der Waals surface area contributed by atoms with Gasteiger partial charge in [0.1, 0.15) is 0 Å². The van der Waals surface area contributed by atoms with Crippen LogP contribution in [0.4, 0.5) is 5.00 Å². The van der Waals surface area contributed by atoms with Crippen molar-refractivity contribution in [2.45, 2.75) is 18.9 Å². The van der Waals surface area contributed by atoms with Crippen molar-refractivity contribution in [3.63, 3.8) is 0 Å². The molecule has 0 spiro atoms. The maximum atomic E-state index is 11.9. The molecule has 2 rings (SSSR count). The summed E-state index contributed by atoms with van der Waals surface area (Å²) in [6.07, 6.45) is 0.866. The van der Waals surface area contributed by atoms with Gasteiger partial charge >= 0.3 is 5.00 Å². The average molecular weight is 255 g/mol. The molecule has 0 aromatic carbocycles. The molecule has 1 saturated heterocycles. The number of rotatable bonds is 3. The van der Waals surface area contributed by atoms with E-state index in [9.17, 15) is 14.9 Å². The molecule has 2 N–H and O–H groups in total. The van der Waals surface area contributed by atoms with Crippen LogP contribution in [-0.4, -0.2) is 29.5 Å². The first-order valence-corrected chi connectivity index (χ1v) is 6.14. The van der Waals surface area contributed by atoms with Crippen molar-refractivity contribution in [3.05, 3.63) is 27.1 Å². The second kappa shape index (κ2) is 4.42. The lowest BCUT2D eigenvalue weighted by molar-refractivity contribution is -0.380. The van der Waals surface area contributed by atoms with Gasteiger partial charge in [0.05, 0.1) is 16.0 Å². The zero-order chi connectivity index (χ0) is 12.5. The Labute approximate surface area is 102 Å². The van der Waals surface area contributed by atoms with Crippen molar-refractivity contribution >= 4 is 22.2 Å². The summed E-state index contributed by atoms with van der Waals surface area (Å²) in [6.45, 7) is 3.57. The minimum absolute atomic E-state index is 0.00940. The van der Waals surface area contributed by atoms with E-state index in [1.807, 2.05) is 6.92 Å². The monoisotopic (exact) mass is 255 g/mol. The Bertz CT molecular complexity index is 451. The SMILES string of the molecule is CC1(NC(=O)c2csc([N+](=O)[O-])c2)CCNC1. The molecule has 92 valence electrons. The highest BCUT2D eigenvalue weighted by Gasteiger charge is 2.30. The lowest BCUT2D eigenvalue weighted by Crippen LogP contribution is -2.47. The first-order chi connectivity index (χ1) is 8.00. The molecule has 1 aliphatic rings. The van der Waals surface area contributed by atoms with Gasteiger partial charge in [0.25, 0.3) is 5.91 Å².